The number of benzene rings is 1. The Bertz CT molecular complexity index is 899. The molecule has 2 rings (SSSR count). The molecule has 0 spiro atoms. The topological polar surface area (TPSA) is 93.1 Å². The standard InChI is InChI=1S/C16H13Cl2F3N4O3/c1-25-6-5-22-15(25)24-13(27)10(23-14(28)12(17)18)11(26)8-3-2-4-9(7-8)16(19,20)21/h2-7,10,12H,1H3,(H,23,28)(H,22,24,27). The van der Waals surface area contributed by atoms with Gasteiger partial charge in [-0.25, -0.2) is 4.98 Å². The van der Waals surface area contributed by atoms with Gasteiger partial charge in [-0.15, -0.1) is 0 Å². The van der Waals surface area contributed by atoms with Crippen molar-refractivity contribution >= 4 is 46.7 Å². The maximum Gasteiger partial charge on any atom is 0.416 e. The zero-order chi connectivity index (χ0) is 21.1. The number of carbonyl (C=O) groups excluding carboxylic acids is 3. The third kappa shape index (κ3) is 5.23. The highest BCUT2D eigenvalue weighted by atomic mass is 35.5. The Kier molecular flexibility index (Phi) is 6.68. The van der Waals surface area contributed by atoms with Crippen LogP contribution in [0.1, 0.15) is 15.9 Å². The van der Waals surface area contributed by atoms with Crippen molar-refractivity contribution in [1.29, 1.82) is 0 Å². The molecule has 0 bridgehead atoms. The highest BCUT2D eigenvalue weighted by Gasteiger charge is 2.34. The summed E-state index contributed by atoms with van der Waals surface area (Å²) in [6.45, 7) is 0. The van der Waals surface area contributed by atoms with Gasteiger partial charge in [-0.1, -0.05) is 35.3 Å². The van der Waals surface area contributed by atoms with E-state index in [1.807, 2.05) is 5.32 Å². The molecule has 2 N–H and O–H groups in total. The fourth-order valence-electron chi connectivity index (χ4n) is 2.14. The van der Waals surface area contributed by atoms with E-state index in [1.165, 1.54) is 17.0 Å². The highest BCUT2D eigenvalue weighted by molar-refractivity contribution is 6.53. The first-order chi connectivity index (χ1) is 13.0. The van der Waals surface area contributed by atoms with E-state index in [-0.39, 0.29) is 5.95 Å². The Hall–Kier alpha value is -2.59. The number of carbonyl (C=O) groups is 3. The lowest BCUT2D eigenvalue weighted by Crippen LogP contribution is -2.50. The summed E-state index contributed by atoms with van der Waals surface area (Å²) in [5.74, 6) is -3.13. The summed E-state index contributed by atoms with van der Waals surface area (Å²) in [6.07, 6.45) is -1.82. The molecule has 0 saturated carbocycles. The molecule has 28 heavy (non-hydrogen) atoms. The lowest BCUT2D eigenvalue weighted by atomic mass is 10.0. The molecule has 1 aromatic heterocycles. The van der Waals surface area contributed by atoms with Crippen molar-refractivity contribution in [3.63, 3.8) is 0 Å². The highest BCUT2D eigenvalue weighted by Crippen LogP contribution is 2.29. The molecule has 0 aliphatic rings. The number of anilines is 1. The number of hydrogen-bond donors (Lipinski definition) is 2. The number of amides is 2. The number of rotatable bonds is 6. The van der Waals surface area contributed by atoms with Gasteiger partial charge in [-0.2, -0.15) is 13.2 Å². The number of imidazole rings is 1. The van der Waals surface area contributed by atoms with E-state index >= 15 is 0 Å². The van der Waals surface area contributed by atoms with Crippen molar-refractivity contribution in [2.75, 3.05) is 5.32 Å². The van der Waals surface area contributed by atoms with Gasteiger partial charge in [0.05, 0.1) is 5.56 Å². The van der Waals surface area contributed by atoms with Gasteiger partial charge < -0.3 is 9.88 Å². The van der Waals surface area contributed by atoms with Crippen LogP contribution in [0.3, 0.4) is 0 Å². The Balaban J connectivity index is 2.35. The van der Waals surface area contributed by atoms with Crippen molar-refractivity contribution in [2.45, 2.75) is 17.1 Å². The van der Waals surface area contributed by atoms with Gasteiger partial charge in [0.15, 0.2) is 16.7 Å². The molecular weight excluding hydrogens is 424 g/mol. The minimum Gasteiger partial charge on any atom is -0.335 e. The van der Waals surface area contributed by atoms with Crippen molar-refractivity contribution in [1.82, 2.24) is 14.9 Å². The number of Topliss-reactive ketones (excluding diaryl/α,β-unsaturated/α-hetero) is 1. The summed E-state index contributed by atoms with van der Waals surface area (Å²) < 4.78 is 40.1. The number of aryl methyl sites for hydroxylation is 1. The lowest BCUT2D eigenvalue weighted by molar-refractivity contribution is -0.137. The van der Waals surface area contributed by atoms with Crippen LogP contribution in [0.25, 0.3) is 0 Å². The molecular formula is C16H13Cl2F3N4O3. The molecule has 0 saturated heterocycles. The van der Waals surface area contributed by atoms with Crippen molar-refractivity contribution in [2.24, 2.45) is 7.05 Å². The van der Waals surface area contributed by atoms with E-state index in [1.54, 1.807) is 7.05 Å². The van der Waals surface area contributed by atoms with Gasteiger partial charge >= 0.3 is 6.18 Å². The molecule has 1 atom stereocenters. The van der Waals surface area contributed by atoms with Crippen LogP contribution < -0.4 is 10.6 Å². The van der Waals surface area contributed by atoms with E-state index in [0.717, 1.165) is 18.2 Å². The van der Waals surface area contributed by atoms with E-state index < -0.39 is 45.8 Å². The molecule has 1 aromatic carbocycles. The minimum absolute atomic E-state index is 0.0504. The number of alkyl halides is 5. The fraction of sp³-hybridized carbons (Fsp3) is 0.250. The van der Waals surface area contributed by atoms with Crippen LogP contribution in [-0.2, 0) is 22.8 Å². The van der Waals surface area contributed by atoms with Crippen LogP contribution in [0, 0.1) is 0 Å². The van der Waals surface area contributed by atoms with Gasteiger partial charge in [0.2, 0.25) is 5.95 Å². The first kappa shape index (κ1) is 21.7. The maximum atomic E-state index is 12.9. The second kappa shape index (κ2) is 8.61. The van der Waals surface area contributed by atoms with Crippen LogP contribution in [0.4, 0.5) is 19.1 Å². The number of nitrogens with one attached hydrogen (secondary N) is 2. The smallest absolute Gasteiger partial charge is 0.335 e. The van der Waals surface area contributed by atoms with Crippen LogP contribution in [-0.4, -0.2) is 38.0 Å². The molecule has 0 radical (unpaired) electrons. The molecule has 0 aliphatic heterocycles. The molecule has 1 unspecified atom stereocenters. The summed E-state index contributed by atoms with van der Waals surface area (Å²) in [5, 5.41) is 4.32. The Morgan fingerprint density at radius 2 is 1.86 bits per heavy atom. The summed E-state index contributed by atoms with van der Waals surface area (Å²) in [6, 6.07) is 1.56. The number of halogens is 5. The first-order valence-corrected chi connectivity index (χ1v) is 8.46. The molecule has 150 valence electrons. The van der Waals surface area contributed by atoms with Crippen LogP contribution >= 0.6 is 23.2 Å². The molecule has 7 nitrogen and oxygen atoms in total. The van der Waals surface area contributed by atoms with Gasteiger partial charge in [0.1, 0.15) is 0 Å². The average Bonchev–Trinajstić information content (AvgIpc) is 3.02. The van der Waals surface area contributed by atoms with E-state index in [4.69, 9.17) is 23.2 Å². The number of ketones is 1. The zero-order valence-corrected chi connectivity index (χ0v) is 15.6. The summed E-state index contributed by atoms with van der Waals surface area (Å²) in [7, 11) is 1.55. The van der Waals surface area contributed by atoms with Crippen molar-refractivity contribution in [3.05, 3.63) is 47.8 Å². The molecule has 0 aliphatic carbocycles. The number of hydrogen-bond acceptors (Lipinski definition) is 4. The first-order valence-electron chi connectivity index (χ1n) is 7.59. The Morgan fingerprint density at radius 1 is 1.18 bits per heavy atom. The lowest BCUT2D eigenvalue weighted by Gasteiger charge is -2.18. The predicted molar refractivity (Wildman–Crippen MR) is 95.0 cm³/mol. The third-order valence-electron chi connectivity index (χ3n) is 3.54. The Labute approximate surface area is 166 Å². The molecule has 0 fully saturated rings. The van der Waals surface area contributed by atoms with Gasteiger partial charge in [-0.05, 0) is 12.1 Å². The summed E-state index contributed by atoms with van der Waals surface area (Å²) >= 11 is 10.9. The Morgan fingerprint density at radius 3 is 2.39 bits per heavy atom. The maximum absolute atomic E-state index is 12.9. The second-order valence-electron chi connectivity index (χ2n) is 5.54. The van der Waals surface area contributed by atoms with E-state index in [9.17, 15) is 27.6 Å². The van der Waals surface area contributed by atoms with Crippen molar-refractivity contribution in [3.8, 4) is 0 Å². The SMILES string of the molecule is Cn1ccnc1NC(=O)C(NC(=O)C(Cl)Cl)C(=O)c1cccc(C(F)(F)F)c1. The van der Waals surface area contributed by atoms with Gasteiger partial charge in [0.25, 0.3) is 11.8 Å². The number of aromatic nitrogens is 2. The quantitative estimate of drug-likeness (QED) is 0.413. The summed E-state index contributed by atoms with van der Waals surface area (Å²) in [4.78, 5) is 39.2. The zero-order valence-electron chi connectivity index (χ0n) is 14.1. The van der Waals surface area contributed by atoms with Crippen LogP contribution in [0.15, 0.2) is 36.7 Å². The molecule has 2 aromatic rings. The molecule has 12 heteroatoms. The van der Waals surface area contributed by atoms with E-state index in [2.05, 4.69) is 10.3 Å². The average molecular weight is 437 g/mol. The minimum atomic E-state index is -4.69. The second-order valence-corrected chi connectivity index (χ2v) is 6.63. The summed E-state index contributed by atoms with van der Waals surface area (Å²) in [5.41, 5.74) is -1.52. The number of nitrogens with zero attached hydrogens (tertiary/aromatic N) is 2. The normalized spacial score (nSPS) is 12.5. The third-order valence-corrected chi connectivity index (χ3v) is 3.94. The van der Waals surface area contributed by atoms with Crippen molar-refractivity contribution < 1.29 is 27.6 Å². The fourth-order valence-corrected chi connectivity index (χ4v) is 2.27. The predicted octanol–water partition coefficient (Wildman–Crippen LogP) is 2.55. The largest absolute Gasteiger partial charge is 0.416 e. The van der Waals surface area contributed by atoms with Gasteiger partial charge in [-0.3, -0.25) is 19.7 Å². The van der Waals surface area contributed by atoms with Crippen LogP contribution in [0.2, 0.25) is 0 Å². The van der Waals surface area contributed by atoms with Gasteiger partial charge in [0, 0.05) is 25.0 Å². The monoisotopic (exact) mass is 436 g/mol. The van der Waals surface area contributed by atoms with Crippen LogP contribution in [0.5, 0.6) is 0 Å². The molecule has 2 amide bonds. The molecule has 1 heterocycles. The van der Waals surface area contributed by atoms with E-state index in [0.29, 0.717) is 6.07 Å².